The minimum Gasteiger partial charge on any atom is -0.744 e. The summed E-state index contributed by atoms with van der Waals surface area (Å²) in [6.45, 7) is 0. The Balaban J connectivity index is 0.00000147. The summed E-state index contributed by atoms with van der Waals surface area (Å²) in [5.74, 6) is 0.787. The van der Waals surface area contributed by atoms with E-state index in [0.717, 1.165) is 29.4 Å². The number of hydrogen-bond donors (Lipinski definition) is 0. The molecule has 1 aliphatic rings. The van der Waals surface area contributed by atoms with Crippen LogP contribution < -0.4 is 34.3 Å². The predicted molar refractivity (Wildman–Crippen MR) is 70.2 cm³/mol. The van der Waals surface area contributed by atoms with Gasteiger partial charge in [-0.05, 0) is 54.3 Å². The summed E-state index contributed by atoms with van der Waals surface area (Å²) in [4.78, 5) is -0.201. The van der Waals surface area contributed by atoms with Crippen LogP contribution >= 0.6 is 0 Å². The molecule has 0 amide bonds. The fourth-order valence-corrected chi connectivity index (χ4v) is 2.62. The van der Waals surface area contributed by atoms with Gasteiger partial charge in [0.1, 0.15) is 15.9 Å². The largest absolute Gasteiger partial charge is 1.00 e. The van der Waals surface area contributed by atoms with E-state index in [1.54, 1.807) is 12.1 Å². The minimum atomic E-state index is -4.40. The summed E-state index contributed by atoms with van der Waals surface area (Å²) in [7, 11) is -4.40. The molecule has 3 rings (SSSR count). The molecule has 0 aliphatic heterocycles. The molecule has 1 saturated carbocycles. The van der Waals surface area contributed by atoms with Gasteiger partial charge in [-0.1, -0.05) is 12.1 Å². The molecule has 0 heterocycles. The zero-order chi connectivity index (χ0) is 13.5. The Bertz CT molecular complexity index is 723. The van der Waals surface area contributed by atoms with Crippen molar-refractivity contribution < 1.29 is 47.3 Å². The average molecular weight is 300 g/mol. The van der Waals surface area contributed by atoms with Crippen molar-refractivity contribution in [1.29, 1.82) is 0 Å². The maximum Gasteiger partial charge on any atom is 1.00 e. The summed E-state index contributed by atoms with van der Waals surface area (Å²) >= 11 is 0. The molecule has 1 fully saturated rings. The van der Waals surface area contributed by atoms with Gasteiger partial charge in [0, 0.05) is 0 Å². The molecule has 0 atom stereocenters. The van der Waals surface area contributed by atoms with Crippen LogP contribution in [-0.4, -0.2) is 19.1 Å². The molecule has 2 aromatic carbocycles. The molecule has 0 N–H and O–H groups in total. The van der Waals surface area contributed by atoms with E-state index in [9.17, 15) is 13.0 Å². The number of fused-ring (bicyclic) bond motifs is 1. The van der Waals surface area contributed by atoms with E-state index in [-0.39, 0.29) is 34.5 Å². The van der Waals surface area contributed by atoms with Gasteiger partial charge in [0.15, 0.2) is 0 Å². The van der Waals surface area contributed by atoms with Crippen LogP contribution in [0.3, 0.4) is 0 Å². The van der Waals surface area contributed by atoms with Crippen LogP contribution in [0.1, 0.15) is 19.3 Å². The van der Waals surface area contributed by atoms with E-state index in [1.807, 2.05) is 12.1 Å². The summed E-state index contributed by atoms with van der Waals surface area (Å²) in [5.41, 5.74) is 0. The fourth-order valence-electron chi connectivity index (χ4n) is 2.11. The molecule has 0 radical (unpaired) electrons. The van der Waals surface area contributed by atoms with Crippen molar-refractivity contribution >= 4 is 20.9 Å². The van der Waals surface area contributed by atoms with Gasteiger partial charge in [-0.15, -0.1) is 0 Å². The summed E-state index contributed by atoms with van der Waals surface area (Å²) in [6, 6.07) is 9.81. The molecule has 4 nitrogen and oxygen atoms in total. The van der Waals surface area contributed by atoms with E-state index >= 15 is 0 Å². The predicted octanol–water partition coefficient (Wildman–Crippen LogP) is -0.321. The molecule has 0 saturated heterocycles. The Morgan fingerprint density at radius 2 is 1.70 bits per heavy atom. The van der Waals surface area contributed by atoms with Gasteiger partial charge < -0.3 is 9.29 Å². The van der Waals surface area contributed by atoms with Gasteiger partial charge in [-0.2, -0.15) is 0 Å². The van der Waals surface area contributed by atoms with Crippen LogP contribution in [0.4, 0.5) is 0 Å². The third-order valence-corrected chi connectivity index (χ3v) is 4.26. The monoisotopic (exact) mass is 300 g/mol. The molecular formula is C14H13NaO4S. The first-order valence-corrected chi connectivity index (χ1v) is 7.59. The summed E-state index contributed by atoms with van der Waals surface area (Å²) < 4.78 is 38.6. The number of hydrogen-bond acceptors (Lipinski definition) is 4. The molecule has 1 aliphatic carbocycles. The second-order valence-electron chi connectivity index (χ2n) is 4.80. The van der Waals surface area contributed by atoms with E-state index in [0.29, 0.717) is 6.10 Å². The molecule has 20 heavy (non-hydrogen) atoms. The van der Waals surface area contributed by atoms with E-state index in [1.165, 1.54) is 18.6 Å². The van der Waals surface area contributed by atoms with Gasteiger partial charge in [0.05, 0.1) is 11.0 Å². The first-order chi connectivity index (χ1) is 9.02. The summed E-state index contributed by atoms with van der Waals surface area (Å²) in [5, 5.41) is 1.59. The van der Waals surface area contributed by atoms with Gasteiger partial charge in [-0.25, -0.2) is 8.42 Å². The molecule has 100 valence electrons. The topological polar surface area (TPSA) is 66.4 Å². The quantitative estimate of drug-likeness (QED) is 0.575. The van der Waals surface area contributed by atoms with Crippen molar-refractivity contribution in [2.24, 2.45) is 0 Å². The van der Waals surface area contributed by atoms with E-state index in [4.69, 9.17) is 4.74 Å². The van der Waals surface area contributed by atoms with Crippen molar-refractivity contribution in [3.63, 3.8) is 0 Å². The van der Waals surface area contributed by atoms with Crippen molar-refractivity contribution in [3.05, 3.63) is 36.4 Å². The first-order valence-electron chi connectivity index (χ1n) is 6.19. The Morgan fingerprint density at radius 3 is 2.30 bits per heavy atom. The normalized spacial score (nSPS) is 15.4. The van der Waals surface area contributed by atoms with Gasteiger partial charge in [0.25, 0.3) is 0 Å². The van der Waals surface area contributed by atoms with Crippen LogP contribution in [0.2, 0.25) is 0 Å². The minimum absolute atomic E-state index is 0. The van der Waals surface area contributed by atoms with Crippen molar-refractivity contribution in [2.75, 3.05) is 0 Å². The maximum atomic E-state index is 11.0. The van der Waals surface area contributed by atoms with E-state index in [2.05, 4.69) is 0 Å². The number of rotatable bonds is 3. The Labute approximate surface area is 140 Å². The number of benzene rings is 2. The van der Waals surface area contributed by atoms with E-state index < -0.39 is 10.1 Å². The van der Waals surface area contributed by atoms with Gasteiger partial charge >= 0.3 is 29.6 Å². The molecular weight excluding hydrogens is 287 g/mol. The third-order valence-electron chi connectivity index (χ3n) is 3.43. The standard InChI is InChI=1S/C14H14O4S.Na/c15-19(16,17)14-7-5-10-8-13(6-4-11(10)9-14)18-12-2-1-3-12;/h4-9,12H,1-3H2,(H,15,16,17);/q;+1/p-1. The van der Waals surface area contributed by atoms with Gasteiger partial charge in [-0.3, -0.25) is 0 Å². The average Bonchev–Trinajstić information content (AvgIpc) is 2.32. The van der Waals surface area contributed by atoms with Crippen LogP contribution in [0, 0.1) is 0 Å². The molecule has 0 bridgehead atoms. The molecule has 0 spiro atoms. The molecule has 2 aromatic rings. The maximum absolute atomic E-state index is 11.0. The fraction of sp³-hybridized carbons (Fsp3) is 0.286. The smallest absolute Gasteiger partial charge is 0.744 e. The number of ether oxygens (including phenoxy) is 1. The van der Waals surface area contributed by atoms with Crippen molar-refractivity contribution in [3.8, 4) is 5.75 Å². The molecule has 0 aromatic heterocycles. The SMILES string of the molecule is O=S(=O)([O-])c1ccc2cc(OC3CCC3)ccc2c1.[Na+]. The Morgan fingerprint density at radius 1 is 1.05 bits per heavy atom. The van der Waals surface area contributed by atoms with Crippen molar-refractivity contribution in [1.82, 2.24) is 0 Å². The van der Waals surface area contributed by atoms with Gasteiger partial charge in [0.2, 0.25) is 0 Å². The summed E-state index contributed by atoms with van der Waals surface area (Å²) in [6.07, 6.45) is 3.69. The first kappa shape index (κ1) is 15.8. The second kappa shape index (κ2) is 6.03. The van der Waals surface area contributed by atoms with Crippen molar-refractivity contribution in [2.45, 2.75) is 30.3 Å². The Hall–Kier alpha value is -0.590. The van der Waals surface area contributed by atoms with Crippen LogP contribution in [-0.2, 0) is 10.1 Å². The van der Waals surface area contributed by atoms with Crippen LogP contribution in [0.25, 0.3) is 10.8 Å². The third kappa shape index (κ3) is 3.35. The zero-order valence-electron chi connectivity index (χ0n) is 11.2. The molecule has 0 unspecified atom stereocenters. The zero-order valence-corrected chi connectivity index (χ0v) is 14.0. The van der Waals surface area contributed by atoms with Crippen LogP contribution in [0.15, 0.2) is 41.3 Å². The molecule has 6 heteroatoms. The Kier molecular flexibility index (Phi) is 4.76. The second-order valence-corrected chi connectivity index (χ2v) is 6.18. The van der Waals surface area contributed by atoms with Crippen LogP contribution in [0.5, 0.6) is 5.75 Å².